The van der Waals surface area contributed by atoms with E-state index < -0.39 is 29.4 Å². The van der Waals surface area contributed by atoms with Crippen molar-refractivity contribution in [2.45, 2.75) is 25.6 Å². The Kier molecular flexibility index (Phi) is 5.68. The van der Waals surface area contributed by atoms with Crippen molar-refractivity contribution in [3.63, 3.8) is 0 Å². The zero-order chi connectivity index (χ0) is 23.0. The number of halogens is 4. The number of benzene rings is 2. The Bertz CT molecular complexity index is 1380. The van der Waals surface area contributed by atoms with Gasteiger partial charge in [0.05, 0.1) is 11.0 Å². The Morgan fingerprint density at radius 2 is 2.00 bits per heavy atom. The largest absolute Gasteiger partial charge is 0.438 e. The number of fused-ring (bicyclic) bond motifs is 2. The summed E-state index contributed by atoms with van der Waals surface area (Å²) >= 11 is 6.05. The van der Waals surface area contributed by atoms with Gasteiger partial charge in [0, 0.05) is 28.7 Å². The second-order valence-electron chi connectivity index (χ2n) is 7.34. The minimum atomic E-state index is -4.93. The summed E-state index contributed by atoms with van der Waals surface area (Å²) in [7, 11) is 0. The molecule has 0 saturated carbocycles. The van der Waals surface area contributed by atoms with Crippen LogP contribution in [0.3, 0.4) is 0 Å². The van der Waals surface area contributed by atoms with Crippen LogP contribution in [0, 0.1) is 0 Å². The number of hydrogen-bond acceptors (Lipinski definition) is 3. The monoisotopic (exact) mass is 462 g/mol. The molecule has 0 bridgehead atoms. The number of hydrogen-bond donors (Lipinski definition) is 2. The molecule has 1 atom stereocenters. The van der Waals surface area contributed by atoms with Gasteiger partial charge in [0.15, 0.2) is 0 Å². The maximum atomic E-state index is 13.3. The molecule has 0 aliphatic rings. The molecule has 0 radical (unpaired) electrons. The number of alkyl halides is 3. The second-order valence-corrected chi connectivity index (χ2v) is 7.78. The van der Waals surface area contributed by atoms with Gasteiger partial charge in [-0.2, -0.15) is 13.2 Å². The molecular formula is C22H18ClF3N4O2. The Balaban J connectivity index is 1.58. The SMILES string of the molecule is C[C@H](C(=O)NCCc1c[nH]c2ccc(Cl)cc12)n1c(=O)c(C(F)(F)F)nc2ccccc21. The lowest BCUT2D eigenvalue weighted by Crippen LogP contribution is -2.39. The normalized spacial score (nSPS) is 12.9. The number of carbonyl (C=O) groups excluding carboxylic acids is 1. The van der Waals surface area contributed by atoms with E-state index in [1.54, 1.807) is 12.1 Å². The Morgan fingerprint density at radius 1 is 1.25 bits per heavy atom. The third-order valence-electron chi connectivity index (χ3n) is 5.25. The average Bonchev–Trinajstić information content (AvgIpc) is 3.14. The molecule has 0 fully saturated rings. The van der Waals surface area contributed by atoms with Crippen molar-refractivity contribution in [3.05, 3.63) is 75.3 Å². The fourth-order valence-corrected chi connectivity index (χ4v) is 3.84. The van der Waals surface area contributed by atoms with Gasteiger partial charge in [-0.1, -0.05) is 23.7 Å². The quantitative estimate of drug-likeness (QED) is 0.459. The fourth-order valence-electron chi connectivity index (χ4n) is 3.67. The van der Waals surface area contributed by atoms with Crippen molar-refractivity contribution >= 4 is 39.4 Å². The van der Waals surface area contributed by atoms with Crippen LogP contribution in [0.4, 0.5) is 13.2 Å². The van der Waals surface area contributed by atoms with Gasteiger partial charge in [-0.15, -0.1) is 0 Å². The standard InChI is InChI=1S/C22H18ClF3N4O2/c1-12(20(31)27-9-8-13-11-28-16-7-6-14(23)10-15(13)16)30-18-5-3-2-4-17(18)29-19(21(30)32)22(24,25)26/h2-7,10-12,28H,8-9H2,1H3,(H,27,31)/t12-/m1/s1. The highest BCUT2D eigenvalue weighted by atomic mass is 35.5. The van der Waals surface area contributed by atoms with E-state index in [-0.39, 0.29) is 17.6 Å². The minimum Gasteiger partial charge on any atom is -0.361 e. The van der Waals surface area contributed by atoms with E-state index in [0.29, 0.717) is 11.4 Å². The molecule has 0 saturated heterocycles. The van der Waals surface area contributed by atoms with Crippen LogP contribution in [-0.2, 0) is 17.4 Å². The summed E-state index contributed by atoms with van der Waals surface area (Å²) in [6.45, 7) is 1.61. The number of nitrogens with zero attached hydrogens (tertiary/aromatic N) is 2. The van der Waals surface area contributed by atoms with E-state index in [0.717, 1.165) is 21.0 Å². The summed E-state index contributed by atoms with van der Waals surface area (Å²) in [6, 6.07) is 10.2. The van der Waals surface area contributed by atoms with Crippen molar-refractivity contribution in [1.29, 1.82) is 0 Å². The van der Waals surface area contributed by atoms with Crippen LogP contribution in [0.5, 0.6) is 0 Å². The van der Waals surface area contributed by atoms with Gasteiger partial charge in [0.25, 0.3) is 5.56 Å². The zero-order valence-electron chi connectivity index (χ0n) is 16.8. The molecule has 2 N–H and O–H groups in total. The van der Waals surface area contributed by atoms with E-state index in [9.17, 15) is 22.8 Å². The minimum absolute atomic E-state index is 0.0188. The number of para-hydroxylation sites is 2. The molecule has 6 nitrogen and oxygen atoms in total. The predicted molar refractivity (Wildman–Crippen MR) is 116 cm³/mol. The molecule has 2 aromatic carbocycles. The molecule has 10 heteroatoms. The van der Waals surface area contributed by atoms with E-state index >= 15 is 0 Å². The van der Waals surface area contributed by atoms with Gasteiger partial charge in [0.1, 0.15) is 6.04 Å². The van der Waals surface area contributed by atoms with E-state index in [2.05, 4.69) is 15.3 Å². The molecule has 0 unspecified atom stereocenters. The van der Waals surface area contributed by atoms with Crippen LogP contribution in [0.1, 0.15) is 24.2 Å². The number of nitrogens with one attached hydrogen (secondary N) is 2. The molecule has 32 heavy (non-hydrogen) atoms. The topological polar surface area (TPSA) is 79.8 Å². The number of H-pyrrole nitrogens is 1. The summed E-state index contributed by atoms with van der Waals surface area (Å²) in [5.74, 6) is -0.575. The van der Waals surface area contributed by atoms with Gasteiger partial charge in [0.2, 0.25) is 11.6 Å². The first-order valence-corrected chi connectivity index (χ1v) is 10.2. The van der Waals surface area contributed by atoms with E-state index in [1.165, 1.54) is 25.1 Å². The number of aromatic nitrogens is 3. The molecule has 1 amide bonds. The summed E-state index contributed by atoms with van der Waals surface area (Å²) in [5.41, 5.74) is -0.939. The highest BCUT2D eigenvalue weighted by Crippen LogP contribution is 2.27. The Morgan fingerprint density at radius 3 is 2.75 bits per heavy atom. The molecule has 0 aliphatic carbocycles. The van der Waals surface area contributed by atoms with Crippen LogP contribution < -0.4 is 10.9 Å². The number of rotatable bonds is 5. The predicted octanol–water partition coefficient (Wildman–Crippen LogP) is 4.47. The summed E-state index contributed by atoms with van der Waals surface area (Å²) in [4.78, 5) is 31.9. The van der Waals surface area contributed by atoms with Crippen LogP contribution >= 0.6 is 11.6 Å². The number of carbonyl (C=O) groups is 1. The third-order valence-corrected chi connectivity index (χ3v) is 5.49. The lowest BCUT2D eigenvalue weighted by atomic mass is 10.1. The number of amides is 1. The van der Waals surface area contributed by atoms with Crippen LogP contribution in [0.25, 0.3) is 21.9 Å². The van der Waals surface area contributed by atoms with Gasteiger partial charge in [-0.3, -0.25) is 14.2 Å². The molecular weight excluding hydrogens is 445 g/mol. The lowest BCUT2D eigenvalue weighted by molar-refractivity contribution is -0.142. The van der Waals surface area contributed by atoms with Gasteiger partial charge >= 0.3 is 6.18 Å². The number of aromatic amines is 1. The zero-order valence-corrected chi connectivity index (χ0v) is 17.6. The third kappa shape index (κ3) is 4.08. The molecule has 0 spiro atoms. The van der Waals surface area contributed by atoms with Crippen molar-refractivity contribution < 1.29 is 18.0 Å². The second kappa shape index (κ2) is 8.31. The van der Waals surface area contributed by atoms with Gasteiger partial charge in [-0.05, 0) is 49.2 Å². The fraction of sp³-hybridized carbons (Fsp3) is 0.227. The molecule has 4 aromatic rings. The highest BCUT2D eigenvalue weighted by molar-refractivity contribution is 6.31. The van der Waals surface area contributed by atoms with Gasteiger partial charge in [-0.25, -0.2) is 4.98 Å². The van der Waals surface area contributed by atoms with Crippen LogP contribution in [0.15, 0.2) is 53.5 Å². The van der Waals surface area contributed by atoms with E-state index in [4.69, 9.17) is 11.6 Å². The average molecular weight is 463 g/mol. The maximum Gasteiger partial charge on any atom is 0.438 e. The molecule has 2 heterocycles. The lowest BCUT2D eigenvalue weighted by Gasteiger charge is -2.19. The summed E-state index contributed by atoms with van der Waals surface area (Å²) in [5, 5.41) is 4.21. The highest BCUT2D eigenvalue weighted by Gasteiger charge is 2.38. The molecule has 0 aliphatic heterocycles. The Hall–Kier alpha value is -3.33. The molecule has 166 valence electrons. The van der Waals surface area contributed by atoms with E-state index in [1.807, 2.05) is 18.3 Å². The van der Waals surface area contributed by atoms with Crippen molar-refractivity contribution in [3.8, 4) is 0 Å². The summed E-state index contributed by atoms with van der Waals surface area (Å²) in [6.07, 6.45) is -2.65. The molecule has 4 rings (SSSR count). The first kappa shape index (κ1) is 21.9. The first-order chi connectivity index (χ1) is 15.2. The van der Waals surface area contributed by atoms with Crippen molar-refractivity contribution in [2.24, 2.45) is 0 Å². The maximum absolute atomic E-state index is 13.3. The van der Waals surface area contributed by atoms with Crippen molar-refractivity contribution in [1.82, 2.24) is 19.9 Å². The van der Waals surface area contributed by atoms with Crippen LogP contribution in [-0.4, -0.2) is 27.0 Å². The van der Waals surface area contributed by atoms with Crippen LogP contribution in [0.2, 0.25) is 5.02 Å². The summed E-state index contributed by atoms with van der Waals surface area (Å²) < 4.78 is 40.9. The smallest absolute Gasteiger partial charge is 0.361 e. The Labute approximate surface area is 185 Å². The van der Waals surface area contributed by atoms with Gasteiger partial charge < -0.3 is 10.3 Å². The molecule has 2 aromatic heterocycles. The van der Waals surface area contributed by atoms with Crippen molar-refractivity contribution in [2.75, 3.05) is 6.54 Å². The first-order valence-electron chi connectivity index (χ1n) is 9.78.